The highest BCUT2D eigenvalue weighted by Crippen LogP contribution is 2.24. The van der Waals surface area contributed by atoms with Gasteiger partial charge in [-0.25, -0.2) is 4.79 Å². The molecular formula is C29H31ClN4O3. The Labute approximate surface area is 223 Å². The van der Waals surface area contributed by atoms with E-state index in [-0.39, 0.29) is 12.1 Å². The smallest absolute Gasteiger partial charge is 0.321 e. The lowest BCUT2D eigenvalue weighted by Crippen LogP contribution is -2.50. The second kappa shape index (κ2) is 13.1. The number of carbonyl (C=O) groups excluding carboxylic acids is 1. The molecule has 4 rings (SSSR count). The summed E-state index contributed by atoms with van der Waals surface area (Å²) in [6.45, 7) is 3.92. The largest absolute Gasteiger partial charge is 0.497 e. The number of benzene rings is 3. The number of anilines is 1. The summed E-state index contributed by atoms with van der Waals surface area (Å²) in [4.78, 5) is 16.9. The predicted octanol–water partition coefficient (Wildman–Crippen LogP) is 5.52. The minimum absolute atomic E-state index is 0.115. The molecule has 1 fully saturated rings. The molecule has 1 unspecified atom stereocenters. The first-order valence-corrected chi connectivity index (χ1v) is 12.7. The molecule has 0 radical (unpaired) electrons. The summed E-state index contributed by atoms with van der Waals surface area (Å²) in [5, 5.41) is 12.5. The summed E-state index contributed by atoms with van der Waals surface area (Å²) < 4.78 is 11.7. The first-order chi connectivity index (χ1) is 18.0. The molecule has 0 bridgehead atoms. The van der Waals surface area contributed by atoms with Crippen LogP contribution in [0.15, 0.2) is 72.8 Å². The van der Waals surface area contributed by atoms with Gasteiger partial charge in [0.2, 0.25) is 0 Å². The van der Waals surface area contributed by atoms with Crippen molar-refractivity contribution in [3.8, 4) is 11.8 Å². The SMILES string of the molecule is COc1cccc(COC(CN2CCN(C(=O)Nc3ccc(CC#N)cc3)CC2)c2ccc(Cl)cc2)c1. The van der Waals surface area contributed by atoms with Crippen molar-refractivity contribution in [2.24, 2.45) is 0 Å². The Morgan fingerprint density at radius 3 is 2.43 bits per heavy atom. The molecular weight excluding hydrogens is 488 g/mol. The highest BCUT2D eigenvalue weighted by molar-refractivity contribution is 6.30. The monoisotopic (exact) mass is 518 g/mol. The number of piperazine rings is 1. The summed E-state index contributed by atoms with van der Waals surface area (Å²) in [5.74, 6) is 0.802. The third kappa shape index (κ3) is 7.70. The zero-order chi connectivity index (χ0) is 26.0. The van der Waals surface area contributed by atoms with Crippen LogP contribution >= 0.6 is 11.6 Å². The maximum atomic E-state index is 12.8. The molecule has 1 atom stereocenters. The van der Waals surface area contributed by atoms with E-state index in [0.29, 0.717) is 37.7 Å². The second-order valence-electron chi connectivity index (χ2n) is 8.95. The van der Waals surface area contributed by atoms with Crippen LogP contribution in [0.25, 0.3) is 0 Å². The fraction of sp³-hybridized carbons (Fsp3) is 0.310. The molecule has 192 valence electrons. The van der Waals surface area contributed by atoms with Gasteiger partial charge in [-0.05, 0) is 53.1 Å². The Balaban J connectivity index is 1.33. The van der Waals surface area contributed by atoms with E-state index in [9.17, 15) is 4.79 Å². The number of urea groups is 1. The van der Waals surface area contributed by atoms with Crippen molar-refractivity contribution in [1.82, 2.24) is 9.80 Å². The van der Waals surface area contributed by atoms with Gasteiger partial charge in [-0.15, -0.1) is 0 Å². The van der Waals surface area contributed by atoms with Gasteiger partial charge in [0.25, 0.3) is 0 Å². The summed E-state index contributed by atoms with van der Waals surface area (Å²) >= 11 is 6.12. The molecule has 0 saturated carbocycles. The van der Waals surface area contributed by atoms with Crippen LogP contribution < -0.4 is 10.1 Å². The number of nitrogens with one attached hydrogen (secondary N) is 1. The van der Waals surface area contributed by atoms with Crippen LogP contribution in [0, 0.1) is 11.3 Å². The van der Waals surface area contributed by atoms with E-state index in [2.05, 4.69) is 16.3 Å². The molecule has 1 saturated heterocycles. The van der Waals surface area contributed by atoms with Crippen molar-refractivity contribution in [2.45, 2.75) is 19.1 Å². The van der Waals surface area contributed by atoms with E-state index in [1.807, 2.05) is 77.7 Å². The molecule has 8 heteroatoms. The molecule has 37 heavy (non-hydrogen) atoms. The Morgan fingerprint density at radius 1 is 1.03 bits per heavy atom. The van der Waals surface area contributed by atoms with Crippen molar-refractivity contribution < 1.29 is 14.3 Å². The molecule has 1 aliphatic heterocycles. The molecule has 0 aromatic heterocycles. The Morgan fingerprint density at radius 2 is 1.76 bits per heavy atom. The number of hydrogen-bond acceptors (Lipinski definition) is 5. The zero-order valence-corrected chi connectivity index (χ0v) is 21.7. The molecule has 1 heterocycles. The number of methoxy groups -OCH3 is 1. The van der Waals surface area contributed by atoms with Gasteiger partial charge in [-0.1, -0.05) is 48.0 Å². The Hall–Kier alpha value is -3.57. The number of amides is 2. The lowest BCUT2D eigenvalue weighted by Gasteiger charge is -2.36. The van der Waals surface area contributed by atoms with Gasteiger partial charge in [0, 0.05) is 43.4 Å². The Kier molecular flexibility index (Phi) is 9.39. The summed E-state index contributed by atoms with van der Waals surface area (Å²) in [7, 11) is 1.66. The number of rotatable bonds is 9. The first kappa shape index (κ1) is 26.5. The summed E-state index contributed by atoms with van der Waals surface area (Å²) in [6, 6.07) is 25.0. The zero-order valence-electron chi connectivity index (χ0n) is 20.9. The normalized spacial score (nSPS) is 14.6. The first-order valence-electron chi connectivity index (χ1n) is 12.3. The van der Waals surface area contributed by atoms with Gasteiger partial charge in [-0.2, -0.15) is 5.26 Å². The van der Waals surface area contributed by atoms with E-state index in [1.165, 1.54) is 0 Å². The van der Waals surface area contributed by atoms with Crippen LogP contribution in [-0.4, -0.2) is 55.7 Å². The van der Waals surface area contributed by atoms with Crippen LogP contribution in [0.4, 0.5) is 10.5 Å². The van der Waals surface area contributed by atoms with Crippen LogP contribution in [0.3, 0.4) is 0 Å². The number of nitrogens with zero attached hydrogens (tertiary/aromatic N) is 3. The maximum absolute atomic E-state index is 12.8. The predicted molar refractivity (Wildman–Crippen MR) is 145 cm³/mol. The van der Waals surface area contributed by atoms with Gasteiger partial charge in [0.05, 0.1) is 32.3 Å². The minimum atomic E-state index is -0.143. The second-order valence-corrected chi connectivity index (χ2v) is 9.39. The van der Waals surface area contributed by atoms with Crippen molar-refractivity contribution in [3.63, 3.8) is 0 Å². The third-order valence-electron chi connectivity index (χ3n) is 6.40. The number of halogens is 1. The van der Waals surface area contributed by atoms with Crippen LogP contribution in [0.2, 0.25) is 5.02 Å². The van der Waals surface area contributed by atoms with Crippen molar-refractivity contribution in [2.75, 3.05) is 45.2 Å². The Bertz CT molecular complexity index is 1200. The van der Waals surface area contributed by atoms with E-state index >= 15 is 0 Å². The third-order valence-corrected chi connectivity index (χ3v) is 6.65. The lowest BCUT2D eigenvalue weighted by molar-refractivity contribution is 0.00588. The average Bonchev–Trinajstić information content (AvgIpc) is 2.93. The van der Waals surface area contributed by atoms with Gasteiger partial charge < -0.3 is 19.7 Å². The molecule has 1 N–H and O–H groups in total. The van der Waals surface area contributed by atoms with Crippen LogP contribution in [0.1, 0.15) is 22.8 Å². The molecule has 0 aliphatic carbocycles. The fourth-order valence-electron chi connectivity index (χ4n) is 4.26. The van der Waals surface area contributed by atoms with E-state index in [1.54, 1.807) is 7.11 Å². The number of ether oxygens (including phenoxy) is 2. The molecule has 7 nitrogen and oxygen atoms in total. The van der Waals surface area contributed by atoms with Gasteiger partial charge in [0.15, 0.2) is 0 Å². The lowest BCUT2D eigenvalue weighted by atomic mass is 10.1. The van der Waals surface area contributed by atoms with Crippen molar-refractivity contribution >= 4 is 23.3 Å². The number of nitriles is 1. The van der Waals surface area contributed by atoms with Crippen molar-refractivity contribution in [1.29, 1.82) is 5.26 Å². The number of hydrogen-bond donors (Lipinski definition) is 1. The number of carbonyl (C=O) groups is 1. The van der Waals surface area contributed by atoms with E-state index in [0.717, 1.165) is 41.2 Å². The topological polar surface area (TPSA) is 77.8 Å². The molecule has 1 aliphatic rings. The highest BCUT2D eigenvalue weighted by Gasteiger charge is 2.24. The average molecular weight is 519 g/mol. The van der Waals surface area contributed by atoms with E-state index < -0.39 is 0 Å². The highest BCUT2D eigenvalue weighted by atomic mass is 35.5. The summed E-state index contributed by atoms with van der Waals surface area (Å²) in [5.41, 5.74) is 3.76. The van der Waals surface area contributed by atoms with Gasteiger partial charge in [0.1, 0.15) is 5.75 Å². The quantitative estimate of drug-likeness (QED) is 0.403. The van der Waals surface area contributed by atoms with Gasteiger partial charge in [-0.3, -0.25) is 4.90 Å². The van der Waals surface area contributed by atoms with Crippen molar-refractivity contribution in [3.05, 3.63) is 94.5 Å². The van der Waals surface area contributed by atoms with Crippen LogP contribution in [-0.2, 0) is 17.8 Å². The molecule has 3 aromatic rings. The van der Waals surface area contributed by atoms with Gasteiger partial charge >= 0.3 is 6.03 Å². The molecule has 2 amide bonds. The van der Waals surface area contributed by atoms with Crippen LogP contribution in [0.5, 0.6) is 5.75 Å². The fourth-order valence-corrected chi connectivity index (χ4v) is 4.38. The standard InChI is InChI=1S/C29H31ClN4O3/c1-36-27-4-2-3-23(19-27)21-37-28(24-7-9-25(30)10-8-24)20-33-15-17-34(18-16-33)29(35)32-26-11-5-22(6-12-26)13-14-31/h2-12,19,28H,13,15-18,20-21H2,1H3,(H,32,35). The molecule has 0 spiro atoms. The van der Waals surface area contributed by atoms with E-state index in [4.69, 9.17) is 26.3 Å². The maximum Gasteiger partial charge on any atom is 0.321 e. The minimum Gasteiger partial charge on any atom is -0.497 e. The molecule has 3 aromatic carbocycles. The summed E-state index contributed by atoms with van der Waals surface area (Å²) in [6.07, 6.45) is 0.215.